The molecule has 0 aliphatic heterocycles. The van der Waals surface area contributed by atoms with Gasteiger partial charge in [0, 0.05) is 6.54 Å². The van der Waals surface area contributed by atoms with Crippen molar-refractivity contribution in [1.29, 1.82) is 0 Å². The van der Waals surface area contributed by atoms with Gasteiger partial charge in [-0.15, -0.1) is 0 Å². The van der Waals surface area contributed by atoms with Crippen molar-refractivity contribution in [2.24, 2.45) is 11.1 Å². The lowest BCUT2D eigenvalue weighted by atomic mass is 9.85. The van der Waals surface area contributed by atoms with Crippen LogP contribution in [0.2, 0.25) is 0 Å². The van der Waals surface area contributed by atoms with Crippen LogP contribution in [0.4, 0.5) is 0 Å². The van der Waals surface area contributed by atoms with Crippen LogP contribution in [0.5, 0.6) is 0 Å². The topological polar surface area (TPSA) is 55.1 Å². The SMILES string of the molecule is NC(=S)C1(C(=O)NCc2ccccc2)CCCC1. The van der Waals surface area contributed by atoms with E-state index >= 15 is 0 Å². The number of hydrogen-bond donors (Lipinski definition) is 2. The molecular weight excluding hydrogens is 244 g/mol. The maximum atomic E-state index is 12.3. The summed E-state index contributed by atoms with van der Waals surface area (Å²) in [7, 11) is 0. The standard InChI is InChI=1S/C14H18N2OS/c15-12(18)14(8-4-5-9-14)13(17)16-10-11-6-2-1-3-7-11/h1-3,6-7H,4-5,8-10H2,(H2,15,18)(H,16,17). The van der Waals surface area contributed by atoms with Crippen LogP contribution in [0.3, 0.4) is 0 Å². The van der Waals surface area contributed by atoms with E-state index in [4.69, 9.17) is 18.0 Å². The molecule has 4 heteroatoms. The lowest BCUT2D eigenvalue weighted by Crippen LogP contribution is -2.46. The van der Waals surface area contributed by atoms with Gasteiger partial charge in [0.25, 0.3) is 0 Å². The Balaban J connectivity index is 2.01. The van der Waals surface area contributed by atoms with E-state index in [0.717, 1.165) is 31.2 Å². The van der Waals surface area contributed by atoms with Gasteiger partial charge < -0.3 is 11.1 Å². The number of nitrogens with one attached hydrogen (secondary N) is 1. The van der Waals surface area contributed by atoms with Crippen molar-refractivity contribution in [1.82, 2.24) is 5.32 Å². The zero-order valence-corrected chi connectivity index (χ0v) is 11.1. The van der Waals surface area contributed by atoms with Crippen LogP contribution in [0, 0.1) is 5.41 Å². The highest BCUT2D eigenvalue weighted by atomic mass is 32.1. The molecule has 2 rings (SSSR count). The van der Waals surface area contributed by atoms with Crippen molar-refractivity contribution in [2.75, 3.05) is 0 Å². The summed E-state index contributed by atoms with van der Waals surface area (Å²) in [6.45, 7) is 0.532. The fraction of sp³-hybridized carbons (Fsp3) is 0.429. The van der Waals surface area contributed by atoms with Crippen molar-refractivity contribution in [2.45, 2.75) is 32.2 Å². The minimum atomic E-state index is -0.607. The Hall–Kier alpha value is -1.42. The third-order valence-corrected chi connectivity index (χ3v) is 4.05. The maximum absolute atomic E-state index is 12.3. The molecule has 0 unspecified atom stereocenters. The van der Waals surface area contributed by atoms with Crippen LogP contribution < -0.4 is 11.1 Å². The predicted molar refractivity (Wildman–Crippen MR) is 76.0 cm³/mol. The highest BCUT2D eigenvalue weighted by molar-refractivity contribution is 7.80. The van der Waals surface area contributed by atoms with Gasteiger partial charge in [-0.05, 0) is 18.4 Å². The van der Waals surface area contributed by atoms with Crippen molar-refractivity contribution >= 4 is 23.1 Å². The Bertz CT molecular complexity index is 438. The smallest absolute Gasteiger partial charge is 0.233 e. The Kier molecular flexibility index (Phi) is 3.97. The summed E-state index contributed by atoms with van der Waals surface area (Å²) in [6, 6.07) is 9.85. The zero-order chi connectivity index (χ0) is 13.0. The van der Waals surface area contributed by atoms with Gasteiger partial charge in [0.05, 0.1) is 10.4 Å². The molecule has 0 saturated heterocycles. The summed E-state index contributed by atoms with van der Waals surface area (Å²) in [5.41, 5.74) is 6.25. The second-order valence-electron chi connectivity index (χ2n) is 4.82. The highest BCUT2D eigenvalue weighted by Gasteiger charge is 2.43. The molecule has 3 nitrogen and oxygen atoms in total. The van der Waals surface area contributed by atoms with Gasteiger partial charge in [-0.25, -0.2) is 0 Å². The van der Waals surface area contributed by atoms with E-state index in [9.17, 15) is 4.79 Å². The van der Waals surface area contributed by atoms with Gasteiger partial charge in [-0.3, -0.25) is 4.79 Å². The van der Waals surface area contributed by atoms with Gasteiger partial charge in [-0.2, -0.15) is 0 Å². The second-order valence-corrected chi connectivity index (χ2v) is 5.26. The Morgan fingerprint density at radius 1 is 1.28 bits per heavy atom. The number of thiocarbonyl (C=S) groups is 1. The third kappa shape index (κ3) is 2.53. The van der Waals surface area contributed by atoms with Crippen LogP contribution in [-0.4, -0.2) is 10.9 Å². The second kappa shape index (κ2) is 5.48. The average molecular weight is 262 g/mol. The van der Waals surface area contributed by atoms with Crippen molar-refractivity contribution in [3.8, 4) is 0 Å². The lowest BCUT2D eigenvalue weighted by molar-refractivity contribution is -0.127. The molecule has 1 aliphatic carbocycles. The summed E-state index contributed by atoms with van der Waals surface area (Å²) < 4.78 is 0. The van der Waals surface area contributed by atoms with Crippen LogP contribution >= 0.6 is 12.2 Å². The number of benzene rings is 1. The molecule has 1 amide bonds. The van der Waals surface area contributed by atoms with E-state index in [1.807, 2.05) is 30.3 Å². The molecule has 1 saturated carbocycles. The van der Waals surface area contributed by atoms with Crippen molar-refractivity contribution in [3.05, 3.63) is 35.9 Å². The largest absolute Gasteiger partial charge is 0.392 e. The molecule has 18 heavy (non-hydrogen) atoms. The van der Waals surface area contributed by atoms with Crippen LogP contribution in [0.25, 0.3) is 0 Å². The van der Waals surface area contributed by atoms with E-state index in [2.05, 4.69) is 5.32 Å². The molecular formula is C14H18N2OS. The highest BCUT2D eigenvalue weighted by Crippen LogP contribution is 2.38. The van der Waals surface area contributed by atoms with Gasteiger partial charge >= 0.3 is 0 Å². The monoisotopic (exact) mass is 262 g/mol. The minimum absolute atomic E-state index is 0.0173. The fourth-order valence-electron chi connectivity index (χ4n) is 2.51. The summed E-state index contributed by atoms with van der Waals surface area (Å²) in [5, 5.41) is 2.96. The van der Waals surface area contributed by atoms with E-state index in [1.54, 1.807) is 0 Å². The van der Waals surface area contributed by atoms with E-state index < -0.39 is 5.41 Å². The number of carbonyl (C=O) groups is 1. The Labute approximate surface area is 113 Å². The number of nitrogens with two attached hydrogens (primary N) is 1. The first kappa shape index (κ1) is 13.0. The molecule has 0 aromatic heterocycles. The van der Waals surface area contributed by atoms with Crippen LogP contribution in [-0.2, 0) is 11.3 Å². The van der Waals surface area contributed by atoms with Crippen molar-refractivity contribution < 1.29 is 4.79 Å². The average Bonchev–Trinajstić information content (AvgIpc) is 2.88. The van der Waals surface area contributed by atoms with E-state index in [0.29, 0.717) is 11.5 Å². The molecule has 0 spiro atoms. The van der Waals surface area contributed by atoms with Crippen molar-refractivity contribution in [3.63, 3.8) is 0 Å². The quantitative estimate of drug-likeness (QED) is 0.817. The van der Waals surface area contributed by atoms with Gasteiger partial charge in [-0.1, -0.05) is 55.4 Å². The van der Waals surface area contributed by atoms with Crippen LogP contribution in [0.15, 0.2) is 30.3 Å². The first-order valence-electron chi connectivity index (χ1n) is 6.27. The molecule has 0 bridgehead atoms. The molecule has 1 aromatic carbocycles. The first-order valence-corrected chi connectivity index (χ1v) is 6.68. The minimum Gasteiger partial charge on any atom is -0.392 e. The number of amides is 1. The molecule has 0 atom stereocenters. The Morgan fingerprint density at radius 3 is 2.44 bits per heavy atom. The first-order chi connectivity index (χ1) is 8.65. The molecule has 3 N–H and O–H groups in total. The van der Waals surface area contributed by atoms with E-state index in [1.165, 1.54) is 0 Å². The van der Waals surface area contributed by atoms with Crippen LogP contribution in [0.1, 0.15) is 31.2 Å². The Morgan fingerprint density at radius 2 is 1.89 bits per heavy atom. The van der Waals surface area contributed by atoms with Gasteiger partial charge in [0.15, 0.2) is 0 Å². The van der Waals surface area contributed by atoms with Gasteiger partial charge in [0.1, 0.15) is 0 Å². The molecule has 1 fully saturated rings. The normalized spacial score (nSPS) is 17.3. The number of carbonyl (C=O) groups excluding carboxylic acids is 1. The molecule has 96 valence electrons. The lowest BCUT2D eigenvalue weighted by Gasteiger charge is -2.26. The van der Waals surface area contributed by atoms with E-state index in [-0.39, 0.29) is 5.91 Å². The zero-order valence-electron chi connectivity index (χ0n) is 10.3. The summed E-state index contributed by atoms with van der Waals surface area (Å²) >= 11 is 5.09. The number of rotatable bonds is 4. The maximum Gasteiger partial charge on any atom is 0.233 e. The summed E-state index contributed by atoms with van der Waals surface area (Å²) in [6.07, 6.45) is 3.61. The fourth-order valence-corrected chi connectivity index (χ4v) is 2.81. The predicted octanol–water partition coefficient (Wildman–Crippen LogP) is 2.15. The summed E-state index contributed by atoms with van der Waals surface area (Å²) in [4.78, 5) is 12.6. The molecule has 0 heterocycles. The summed E-state index contributed by atoms with van der Waals surface area (Å²) in [5.74, 6) is -0.0173. The molecule has 1 aromatic rings. The molecule has 1 aliphatic rings. The number of hydrogen-bond acceptors (Lipinski definition) is 2. The molecule has 0 radical (unpaired) electrons. The van der Waals surface area contributed by atoms with Gasteiger partial charge in [0.2, 0.25) is 5.91 Å². The third-order valence-electron chi connectivity index (χ3n) is 3.66.